The average molecular weight is 472 g/mol. The molecule has 0 radical (unpaired) electrons. The molecule has 4 rings (SSSR count). The minimum atomic E-state index is -0.845. The zero-order valence-corrected chi connectivity index (χ0v) is 20.6. The number of benzene rings is 3. The Labute approximate surface area is 205 Å². The molecule has 6 heteroatoms. The van der Waals surface area contributed by atoms with E-state index in [2.05, 4.69) is 0 Å². The number of ketones is 1. The number of hydrogen-bond acceptors (Lipinski definition) is 5. The summed E-state index contributed by atoms with van der Waals surface area (Å²) in [5, 5.41) is 11.3. The van der Waals surface area contributed by atoms with Gasteiger partial charge in [-0.15, -0.1) is 0 Å². The van der Waals surface area contributed by atoms with E-state index < -0.39 is 17.7 Å². The summed E-state index contributed by atoms with van der Waals surface area (Å²) >= 11 is 0. The monoisotopic (exact) mass is 471 g/mol. The number of anilines is 1. The first-order valence-electron chi connectivity index (χ1n) is 11.5. The number of carbonyl (C=O) groups excluding carboxylic acids is 2. The van der Waals surface area contributed by atoms with Gasteiger partial charge in [-0.3, -0.25) is 14.5 Å². The number of Topliss-reactive ketones (excluding diaryl/α,β-unsaturated/α-hetero) is 1. The van der Waals surface area contributed by atoms with Gasteiger partial charge in [0.1, 0.15) is 5.76 Å². The molecule has 1 atom stereocenters. The number of aryl methyl sites for hydroxylation is 2. The van der Waals surface area contributed by atoms with E-state index in [1.807, 2.05) is 58.0 Å². The van der Waals surface area contributed by atoms with Crippen molar-refractivity contribution in [2.75, 3.05) is 18.6 Å². The van der Waals surface area contributed by atoms with Crippen LogP contribution in [0.4, 0.5) is 5.69 Å². The molecular weight excluding hydrogens is 442 g/mol. The number of rotatable bonds is 6. The van der Waals surface area contributed by atoms with E-state index in [4.69, 9.17) is 9.47 Å². The summed E-state index contributed by atoms with van der Waals surface area (Å²) in [5.41, 5.74) is 4.65. The summed E-state index contributed by atoms with van der Waals surface area (Å²) in [5.74, 6) is -0.601. The lowest BCUT2D eigenvalue weighted by Crippen LogP contribution is -2.30. The topological polar surface area (TPSA) is 76.1 Å². The van der Waals surface area contributed by atoms with E-state index in [1.165, 1.54) is 4.90 Å². The highest BCUT2D eigenvalue weighted by Crippen LogP contribution is 2.45. The first kappa shape index (κ1) is 24.1. The first-order valence-corrected chi connectivity index (χ1v) is 11.5. The molecule has 35 heavy (non-hydrogen) atoms. The Bertz CT molecular complexity index is 1320. The molecule has 180 valence electrons. The van der Waals surface area contributed by atoms with Crippen LogP contribution in [0.5, 0.6) is 11.5 Å². The molecule has 0 saturated carbocycles. The third-order valence-corrected chi connectivity index (χ3v) is 6.41. The van der Waals surface area contributed by atoms with Crippen LogP contribution in [0.15, 0.2) is 66.2 Å². The van der Waals surface area contributed by atoms with Crippen molar-refractivity contribution >= 4 is 23.1 Å². The van der Waals surface area contributed by atoms with Crippen molar-refractivity contribution < 1.29 is 24.2 Å². The van der Waals surface area contributed by atoms with Gasteiger partial charge in [-0.25, -0.2) is 0 Å². The van der Waals surface area contributed by atoms with Crippen LogP contribution in [-0.4, -0.2) is 30.5 Å². The lowest BCUT2D eigenvalue weighted by Gasteiger charge is -2.28. The third-order valence-electron chi connectivity index (χ3n) is 6.41. The standard InChI is InChI=1S/C29H29NO5/c1-6-35-24-16-21(14-15-23(24)34-5)26-25(27(31)20-12-10-17(2)11-13-20)28(32)29(33)30(26)22-9-7-8-18(3)19(22)4/h7-16,26,31H,6H2,1-5H3/b27-25+. The molecule has 3 aromatic rings. The number of carbonyl (C=O) groups is 2. The molecule has 1 aliphatic rings. The number of methoxy groups -OCH3 is 1. The maximum Gasteiger partial charge on any atom is 0.300 e. The Morgan fingerprint density at radius 1 is 0.971 bits per heavy atom. The maximum absolute atomic E-state index is 13.5. The van der Waals surface area contributed by atoms with Gasteiger partial charge in [-0.2, -0.15) is 0 Å². The van der Waals surface area contributed by atoms with Crippen LogP contribution < -0.4 is 14.4 Å². The second kappa shape index (κ2) is 9.66. The highest BCUT2D eigenvalue weighted by atomic mass is 16.5. The molecule has 1 N–H and O–H groups in total. The van der Waals surface area contributed by atoms with E-state index in [1.54, 1.807) is 37.4 Å². The molecule has 6 nitrogen and oxygen atoms in total. The zero-order valence-electron chi connectivity index (χ0n) is 20.6. The Balaban J connectivity index is 1.99. The lowest BCUT2D eigenvalue weighted by atomic mass is 9.94. The fourth-order valence-corrected chi connectivity index (χ4v) is 4.39. The highest BCUT2D eigenvalue weighted by Gasteiger charge is 2.47. The van der Waals surface area contributed by atoms with Crippen molar-refractivity contribution in [2.45, 2.75) is 33.7 Å². The highest BCUT2D eigenvalue weighted by molar-refractivity contribution is 6.51. The van der Waals surface area contributed by atoms with Crippen molar-refractivity contribution in [3.8, 4) is 11.5 Å². The van der Waals surface area contributed by atoms with Gasteiger partial charge in [0.2, 0.25) is 0 Å². The minimum absolute atomic E-state index is 0.0346. The molecule has 0 aliphatic carbocycles. The van der Waals surface area contributed by atoms with Crippen molar-refractivity contribution in [1.82, 2.24) is 0 Å². The minimum Gasteiger partial charge on any atom is -0.507 e. The van der Waals surface area contributed by atoms with Gasteiger partial charge in [-0.05, 0) is 62.6 Å². The normalized spacial score (nSPS) is 17.1. The van der Waals surface area contributed by atoms with Gasteiger partial charge in [0.15, 0.2) is 11.5 Å². The predicted molar refractivity (Wildman–Crippen MR) is 136 cm³/mol. The zero-order chi connectivity index (χ0) is 25.3. The van der Waals surface area contributed by atoms with Crippen LogP contribution in [0.25, 0.3) is 5.76 Å². The molecule has 0 spiro atoms. The van der Waals surface area contributed by atoms with Crippen LogP contribution >= 0.6 is 0 Å². The largest absolute Gasteiger partial charge is 0.507 e. The number of amides is 1. The first-order chi connectivity index (χ1) is 16.8. The van der Waals surface area contributed by atoms with Gasteiger partial charge in [0.05, 0.1) is 25.3 Å². The van der Waals surface area contributed by atoms with Crippen molar-refractivity contribution in [1.29, 1.82) is 0 Å². The van der Waals surface area contributed by atoms with Crippen LogP contribution in [0.1, 0.15) is 40.8 Å². The number of aliphatic hydroxyl groups excluding tert-OH is 1. The molecule has 0 bridgehead atoms. The van der Waals surface area contributed by atoms with Gasteiger partial charge >= 0.3 is 0 Å². The van der Waals surface area contributed by atoms with Crippen molar-refractivity contribution in [2.24, 2.45) is 0 Å². The Kier molecular flexibility index (Phi) is 6.65. The summed E-state index contributed by atoms with van der Waals surface area (Å²) in [7, 11) is 1.55. The molecule has 1 amide bonds. The summed E-state index contributed by atoms with van der Waals surface area (Å²) in [4.78, 5) is 28.4. The molecule has 1 unspecified atom stereocenters. The number of ether oxygens (including phenoxy) is 2. The summed E-state index contributed by atoms with van der Waals surface area (Å²) in [6, 6.07) is 17.3. The molecule has 1 aliphatic heterocycles. The third kappa shape index (κ3) is 4.28. The summed E-state index contributed by atoms with van der Waals surface area (Å²) in [6.07, 6.45) is 0. The molecule has 3 aromatic carbocycles. The molecule has 1 fully saturated rings. The van der Waals surface area contributed by atoms with E-state index >= 15 is 0 Å². The van der Waals surface area contributed by atoms with E-state index in [9.17, 15) is 14.7 Å². The fourth-order valence-electron chi connectivity index (χ4n) is 4.39. The number of aliphatic hydroxyl groups is 1. The Hall–Kier alpha value is -4.06. The molecule has 0 aromatic heterocycles. The number of hydrogen-bond donors (Lipinski definition) is 1. The van der Waals surface area contributed by atoms with Crippen molar-refractivity contribution in [3.05, 3.63) is 94.1 Å². The smallest absolute Gasteiger partial charge is 0.300 e. The van der Waals surface area contributed by atoms with Gasteiger partial charge in [-0.1, -0.05) is 48.0 Å². The van der Waals surface area contributed by atoms with Gasteiger partial charge in [0, 0.05) is 11.3 Å². The Morgan fingerprint density at radius 2 is 1.69 bits per heavy atom. The van der Waals surface area contributed by atoms with E-state index in [0.29, 0.717) is 34.9 Å². The van der Waals surface area contributed by atoms with Crippen LogP contribution in [0.3, 0.4) is 0 Å². The van der Waals surface area contributed by atoms with Crippen LogP contribution in [-0.2, 0) is 9.59 Å². The van der Waals surface area contributed by atoms with Crippen LogP contribution in [0.2, 0.25) is 0 Å². The molecular formula is C29H29NO5. The van der Waals surface area contributed by atoms with Crippen LogP contribution in [0, 0.1) is 20.8 Å². The average Bonchev–Trinajstić information content (AvgIpc) is 3.11. The quantitative estimate of drug-likeness (QED) is 0.286. The number of nitrogens with zero attached hydrogens (tertiary/aromatic N) is 1. The Morgan fingerprint density at radius 3 is 2.34 bits per heavy atom. The SMILES string of the molecule is CCOc1cc(C2/C(=C(\O)c3ccc(C)cc3)C(=O)C(=O)N2c2cccc(C)c2C)ccc1OC. The maximum atomic E-state index is 13.5. The van der Waals surface area contributed by atoms with E-state index in [-0.39, 0.29) is 11.3 Å². The second-order valence-electron chi connectivity index (χ2n) is 8.60. The van der Waals surface area contributed by atoms with Gasteiger partial charge < -0.3 is 14.6 Å². The fraction of sp³-hybridized carbons (Fsp3) is 0.241. The molecule has 1 heterocycles. The predicted octanol–water partition coefficient (Wildman–Crippen LogP) is 5.65. The second-order valence-corrected chi connectivity index (χ2v) is 8.60. The molecule has 1 saturated heterocycles. The van der Waals surface area contributed by atoms with Gasteiger partial charge in [0.25, 0.3) is 11.7 Å². The summed E-state index contributed by atoms with van der Waals surface area (Å²) < 4.78 is 11.2. The summed E-state index contributed by atoms with van der Waals surface area (Å²) in [6.45, 7) is 8.10. The van der Waals surface area contributed by atoms with Crippen molar-refractivity contribution in [3.63, 3.8) is 0 Å². The lowest BCUT2D eigenvalue weighted by molar-refractivity contribution is -0.132. The van der Waals surface area contributed by atoms with E-state index in [0.717, 1.165) is 16.7 Å².